The predicted octanol–water partition coefficient (Wildman–Crippen LogP) is 2.90. The van der Waals surface area contributed by atoms with Gasteiger partial charge in [-0.3, -0.25) is 0 Å². The number of aliphatic hydroxyl groups excluding tert-OH is 1. The number of rotatable bonds is 1. The molecule has 0 atom stereocenters. The van der Waals surface area contributed by atoms with E-state index in [0.29, 0.717) is 5.92 Å². The summed E-state index contributed by atoms with van der Waals surface area (Å²) in [5.74, 6) is 0.614. The molecule has 1 aromatic carbocycles. The molecule has 88 valence electrons. The second-order valence-electron chi connectivity index (χ2n) is 5.07. The van der Waals surface area contributed by atoms with Crippen molar-refractivity contribution < 1.29 is 5.11 Å². The highest BCUT2D eigenvalue weighted by Crippen LogP contribution is 2.35. The Morgan fingerprint density at radius 1 is 1.06 bits per heavy atom. The smallest absolute Gasteiger partial charge is 0.0540 e. The Morgan fingerprint density at radius 2 is 1.69 bits per heavy atom. The molecule has 2 nitrogen and oxygen atoms in total. The number of hydrogen-bond acceptors (Lipinski definition) is 2. The molecule has 1 saturated carbocycles. The SMILES string of the molecule is Cc1cc(C2CCC(O)CC2)c(C)cc1N. The number of anilines is 1. The molecule has 2 rings (SSSR count). The lowest BCUT2D eigenvalue weighted by Gasteiger charge is -2.27. The van der Waals surface area contributed by atoms with Crippen molar-refractivity contribution in [1.29, 1.82) is 0 Å². The number of nitrogen functional groups attached to an aromatic ring is 1. The van der Waals surface area contributed by atoms with Gasteiger partial charge in [0.15, 0.2) is 0 Å². The molecule has 0 radical (unpaired) electrons. The van der Waals surface area contributed by atoms with E-state index in [-0.39, 0.29) is 6.10 Å². The zero-order chi connectivity index (χ0) is 11.7. The first-order valence-corrected chi connectivity index (χ1v) is 6.12. The molecule has 1 aliphatic carbocycles. The molecule has 16 heavy (non-hydrogen) atoms. The second kappa shape index (κ2) is 4.46. The minimum absolute atomic E-state index is 0.0774. The van der Waals surface area contributed by atoms with Crippen LogP contribution in [0.25, 0.3) is 0 Å². The number of hydrogen-bond donors (Lipinski definition) is 2. The van der Waals surface area contributed by atoms with Crippen LogP contribution in [0, 0.1) is 13.8 Å². The standard InChI is InChI=1S/C14H21NO/c1-9-8-14(15)10(2)7-13(9)11-3-5-12(16)6-4-11/h7-8,11-12,16H,3-6,15H2,1-2H3. The van der Waals surface area contributed by atoms with E-state index in [1.54, 1.807) is 0 Å². The third kappa shape index (κ3) is 2.22. The fourth-order valence-electron chi connectivity index (χ4n) is 2.69. The maximum Gasteiger partial charge on any atom is 0.0540 e. The predicted molar refractivity (Wildman–Crippen MR) is 67.5 cm³/mol. The van der Waals surface area contributed by atoms with Crippen LogP contribution in [-0.2, 0) is 0 Å². The van der Waals surface area contributed by atoms with Crippen molar-refractivity contribution in [3.63, 3.8) is 0 Å². The van der Waals surface area contributed by atoms with E-state index in [9.17, 15) is 5.11 Å². The summed E-state index contributed by atoms with van der Waals surface area (Å²) in [7, 11) is 0. The van der Waals surface area contributed by atoms with E-state index in [1.807, 2.05) is 0 Å². The largest absolute Gasteiger partial charge is 0.399 e. The first kappa shape index (κ1) is 11.5. The molecule has 1 fully saturated rings. The van der Waals surface area contributed by atoms with E-state index < -0.39 is 0 Å². The molecule has 3 N–H and O–H groups in total. The summed E-state index contributed by atoms with van der Waals surface area (Å²) in [4.78, 5) is 0. The van der Waals surface area contributed by atoms with Gasteiger partial charge in [-0.25, -0.2) is 0 Å². The summed E-state index contributed by atoms with van der Waals surface area (Å²) in [5, 5.41) is 9.52. The Balaban J connectivity index is 2.23. The van der Waals surface area contributed by atoms with Gasteiger partial charge in [-0.05, 0) is 68.2 Å². The Hall–Kier alpha value is -1.02. The number of aliphatic hydroxyl groups is 1. The van der Waals surface area contributed by atoms with Gasteiger partial charge in [-0.1, -0.05) is 6.07 Å². The molecule has 0 bridgehead atoms. The molecular formula is C14H21NO. The quantitative estimate of drug-likeness (QED) is 0.713. The van der Waals surface area contributed by atoms with Crippen LogP contribution < -0.4 is 5.73 Å². The fraction of sp³-hybridized carbons (Fsp3) is 0.571. The van der Waals surface area contributed by atoms with Gasteiger partial charge in [0.25, 0.3) is 0 Å². The topological polar surface area (TPSA) is 46.2 Å². The van der Waals surface area contributed by atoms with E-state index in [2.05, 4.69) is 26.0 Å². The first-order chi connectivity index (χ1) is 7.58. The minimum atomic E-state index is -0.0774. The van der Waals surface area contributed by atoms with E-state index in [4.69, 9.17) is 5.73 Å². The van der Waals surface area contributed by atoms with E-state index in [0.717, 1.165) is 31.4 Å². The highest BCUT2D eigenvalue weighted by molar-refractivity contribution is 5.52. The van der Waals surface area contributed by atoms with Crippen LogP contribution in [0.3, 0.4) is 0 Å². The zero-order valence-corrected chi connectivity index (χ0v) is 10.2. The van der Waals surface area contributed by atoms with Crippen LogP contribution in [0.15, 0.2) is 12.1 Å². The molecule has 0 saturated heterocycles. The lowest BCUT2D eigenvalue weighted by molar-refractivity contribution is 0.122. The average Bonchev–Trinajstić information content (AvgIpc) is 2.25. The Morgan fingerprint density at radius 3 is 2.31 bits per heavy atom. The van der Waals surface area contributed by atoms with Crippen molar-refractivity contribution >= 4 is 5.69 Å². The van der Waals surface area contributed by atoms with Gasteiger partial charge in [-0.15, -0.1) is 0 Å². The fourth-order valence-corrected chi connectivity index (χ4v) is 2.69. The van der Waals surface area contributed by atoms with Crippen molar-refractivity contribution in [1.82, 2.24) is 0 Å². The maximum absolute atomic E-state index is 9.52. The van der Waals surface area contributed by atoms with Gasteiger partial charge < -0.3 is 10.8 Å². The van der Waals surface area contributed by atoms with Crippen LogP contribution >= 0.6 is 0 Å². The molecule has 0 aromatic heterocycles. The summed E-state index contributed by atoms with van der Waals surface area (Å²) >= 11 is 0. The molecule has 0 heterocycles. The Labute approximate surface area is 97.5 Å². The summed E-state index contributed by atoms with van der Waals surface area (Å²) in [6, 6.07) is 4.31. The monoisotopic (exact) mass is 219 g/mol. The zero-order valence-electron chi connectivity index (χ0n) is 10.2. The van der Waals surface area contributed by atoms with Gasteiger partial charge in [-0.2, -0.15) is 0 Å². The van der Waals surface area contributed by atoms with Gasteiger partial charge in [0, 0.05) is 5.69 Å². The van der Waals surface area contributed by atoms with Crippen LogP contribution in [0.2, 0.25) is 0 Å². The maximum atomic E-state index is 9.52. The molecule has 0 amide bonds. The first-order valence-electron chi connectivity index (χ1n) is 6.12. The average molecular weight is 219 g/mol. The lowest BCUT2D eigenvalue weighted by atomic mass is 9.80. The third-order valence-electron chi connectivity index (χ3n) is 3.79. The van der Waals surface area contributed by atoms with Gasteiger partial charge >= 0.3 is 0 Å². The van der Waals surface area contributed by atoms with Crippen molar-refractivity contribution in [3.8, 4) is 0 Å². The molecule has 2 heteroatoms. The Bertz CT molecular complexity index is 379. The summed E-state index contributed by atoms with van der Waals surface area (Å²) in [6.45, 7) is 4.20. The number of aryl methyl sites for hydroxylation is 2. The normalized spacial score (nSPS) is 25.7. The van der Waals surface area contributed by atoms with Crippen LogP contribution in [-0.4, -0.2) is 11.2 Å². The molecule has 1 aromatic rings. The summed E-state index contributed by atoms with van der Waals surface area (Å²) in [5.41, 5.74) is 10.7. The Kier molecular flexibility index (Phi) is 3.20. The van der Waals surface area contributed by atoms with Crippen molar-refractivity contribution in [2.45, 2.75) is 51.6 Å². The number of nitrogens with two attached hydrogens (primary N) is 1. The van der Waals surface area contributed by atoms with Crippen LogP contribution in [0.5, 0.6) is 0 Å². The molecular weight excluding hydrogens is 198 g/mol. The second-order valence-corrected chi connectivity index (χ2v) is 5.07. The number of benzene rings is 1. The van der Waals surface area contributed by atoms with Gasteiger partial charge in [0.1, 0.15) is 0 Å². The highest BCUT2D eigenvalue weighted by atomic mass is 16.3. The summed E-state index contributed by atoms with van der Waals surface area (Å²) < 4.78 is 0. The van der Waals surface area contributed by atoms with Crippen LogP contribution in [0.1, 0.15) is 48.3 Å². The van der Waals surface area contributed by atoms with Crippen molar-refractivity contribution in [2.24, 2.45) is 0 Å². The lowest BCUT2D eigenvalue weighted by Crippen LogP contribution is -2.17. The van der Waals surface area contributed by atoms with Crippen molar-refractivity contribution in [2.75, 3.05) is 5.73 Å². The molecule has 0 unspecified atom stereocenters. The van der Waals surface area contributed by atoms with E-state index in [1.165, 1.54) is 16.7 Å². The van der Waals surface area contributed by atoms with E-state index >= 15 is 0 Å². The molecule has 1 aliphatic rings. The minimum Gasteiger partial charge on any atom is -0.399 e. The summed E-state index contributed by atoms with van der Waals surface area (Å²) in [6.07, 6.45) is 4.00. The van der Waals surface area contributed by atoms with Gasteiger partial charge in [0.2, 0.25) is 0 Å². The van der Waals surface area contributed by atoms with Crippen molar-refractivity contribution in [3.05, 3.63) is 28.8 Å². The highest BCUT2D eigenvalue weighted by Gasteiger charge is 2.22. The molecule has 0 spiro atoms. The third-order valence-corrected chi connectivity index (χ3v) is 3.79. The van der Waals surface area contributed by atoms with Gasteiger partial charge in [0.05, 0.1) is 6.10 Å². The van der Waals surface area contributed by atoms with Crippen LogP contribution in [0.4, 0.5) is 5.69 Å². The molecule has 0 aliphatic heterocycles.